The van der Waals surface area contributed by atoms with Crippen molar-refractivity contribution in [3.05, 3.63) is 0 Å². The molecule has 3 N–H and O–H groups in total. The summed E-state index contributed by atoms with van der Waals surface area (Å²) in [7, 11) is 0. The number of ether oxygens (including phenoxy) is 1. The Balaban J connectivity index is 1.93. The van der Waals surface area contributed by atoms with Crippen molar-refractivity contribution in [2.75, 3.05) is 26.2 Å². The maximum atomic E-state index is 11.6. The third-order valence-corrected chi connectivity index (χ3v) is 3.69. The summed E-state index contributed by atoms with van der Waals surface area (Å²) < 4.78 is 5.65. The molecule has 2 fully saturated rings. The SMILES string of the molecule is CC(N)C1CN(C2CCCNC(=O)C2)CCO1. The van der Waals surface area contributed by atoms with Gasteiger partial charge in [0.2, 0.25) is 5.91 Å². The molecule has 5 nitrogen and oxygen atoms in total. The average Bonchev–Trinajstić information content (AvgIpc) is 2.54. The second kappa shape index (κ2) is 5.80. The molecule has 0 aromatic rings. The molecule has 2 aliphatic rings. The second-order valence-corrected chi connectivity index (χ2v) is 5.11. The molecule has 0 saturated carbocycles. The number of nitrogens with one attached hydrogen (secondary N) is 1. The lowest BCUT2D eigenvalue weighted by Crippen LogP contribution is -2.53. The highest BCUT2D eigenvalue weighted by molar-refractivity contribution is 5.76. The maximum absolute atomic E-state index is 11.6. The molecule has 98 valence electrons. The quantitative estimate of drug-likeness (QED) is 0.697. The van der Waals surface area contributed by atoms with Gasteiger partial charge in [0.1, 0.15) is 0 Å². The molecular weight excluding hydrogens is 218 g/mol. The molecule has 2 rings (SSSR count). The number of rotatable bonds is 2. The fourth-order valence-corrected chi connectivity index (χ4v) is 2.61. The molecule has 1 amide bonds. The first kappa shape index (κ1) is 12.8. The van der Waals surface area contributed by atoms with Crippen molar-refractivity contribution in [2.24, 2.45) is 5.73 Å². The van der Waals surface area contributed by atoms with E-state index < -0.39 is 0 Å². The van der Waals surface area contributed by atoms with Crippen LogP contribution in [-0.4, -0.2) is 55.2 Å². The Labute approximate surface area is 103 Å². The highest BCUT2D eigenvalue weighted by Crippen LogP contribution is 2.18. The molecule has 2 aliphatic heterocycles. The van der Waals surface area contributed by atoms with Crippen LogP contribution in [-0.2, 0) is 9.53 Å². The first-order valence-electron chi connectivity index (χ1n) is 6.55. The summed E-state index contributed by atoms with van der Waals surface area (Å²) in [6.45, 7) is 5.30. The Bertz CT molecular complexity index is 270. The van der Waals surface area contributed by atoms with Gasteiger partial charge in [-0.3, -0.25) is 9.69 Å². The summed E-state index contributed by atoms with van der Waals surface area (Å²) in [6.07, 6.45) is 2.88. The van der Waals surface area contributed by atoms with E-state index in [2.05, 4.69) is 10.2 Å². The van der Waals surface area contributed by atoms with Crippen LogP contribution in [0.2, 0.25) is 0 Å². The van der Waals surface area contributed by atoms with Gasteiger partial charge in [-0.2, -0.15) is 0 Å². The van der Waals surface area contributed by atoms with Crippen LogP contribution >= 0.6 is 0 Å². The van der Waals surface area contributed by atoms with Crippen molar-refractivity contribution in [3.8, 4) is 0 Å². The molecule has 0 spiro atoms. The fourth-order valence-electron chi connectivity index (χ4n) is 2.61. The molecule has 0 aliphatic carbocycles. The second-order valence-electron chi connectivity index (χ2n) is 5.11. The largest absolute Gasteiger partial charge is 0.374 e. The van der Waals surface area contributed by atoms with Crippen LogP contribution in [0, 0.1) is 0 Å². The van der Waals surface area contributed by atoms with Crippen LogP contribution in [0.4, 0.5) is 0 Å². The highest BCUT2D eigenvalue weighted by atomic mass is 16.5. The summed E-state index contributed by atoms with van der Waals surface area (Å²) in [5.41, 5.74) is 5.89. The van der Waals surface area contributed by atoms with Gasteiger partial charge in [0, 0.05) is 38.1 Å². The van der Waals surface area contributed by atoms with Gasteiger partial charge in [-0.05, 0) is 19.8 Å². The molecule has 0 aromatic heterocycles. The van der Waals surface area contributed by atoms with Crippen molar-refractivity contribution in [1.29, 1.82) is 0 Å². The standard InChI is InChI=1S/C12H23N3O2/c1-9(13)11-8-15(5-6-17-11)10-3-2-4-14-12(16)7-10/h9-11H,2-8,13H2,1H3,(H,14,16). The van der Waals surface area contributed by atoms with Crippen LogP contribution in [0.3, 0.4) is 0 Å². The van der Waals surface area contributed by atoms with Gasteiger partial charge in [0.05, 0.1) is 12.7 Å². The van der Waals surface area contributed by atoms with Crippen LogP contribution < -0.4 is 11.1 Å². The van der Waals surface area contributed by atoms with Gasteiger partial charge in [-0.25, -0.2) is 0 Å². The Morgan fingerprint density at radius 2 is 2.41 bits per heavy atom. The molecule has 2 saturated heterocycles. The predicted molar refractivity (Wildman–Crippen MR) is 65.6 cm³/mol. The zero-order valence-electron chi connectivity index (χ0n) is 10.5. The smallest absolute Gasteiger partial charge is 0.221 e. The summed E-state index contributed by atoms with van der Waals surface area (Å²) in [5.74, 6) is 0.177. The van der Waals surface area contributed by atoms with E-state index in [-0.39, 0.29) is 18.1 Å². The van der Waals surface area contributed by atoms with Crippen LogP contribution in [0.15, 0.2) is 0 Å². The molecule has 0 radical (unpaired) electrons. The monoisotopic (exact) mass is 241 g/mol. The van der Waals surface area contributed by atoms with E-state index in [1.165, 1.54) is 0 Å². The zero-order chi connectivity index (χ0) is 12.3. The van der Waals surface area contributed by atoms with Crippen molar-refractivity contribution < 1.29 is 9.53 Å². The van der Waals surface area contributed by atoms with Crippen molar-refractivity contribution in [3.63, 3.8) is 0 Å². The number of hydrogen-bond acceptors (Lipinski definition) is 4. The number of nitrogens with zero attached hydrogens (tertiary/aromatic N) is 1. The average molecular weight is 241 g/mol. The summed E-state index contributed by atoms with van der Waals surface area (Å²) in [5, 5.41) is 2.93. The Hall–Kier alpha value is -0.650. The summed E-state index contributed by atoms with van der Waals surface area (Å²) >= 11 is 0. The number of carbonyl (C=O) groups is 1. The lowest BCUT2D eigenvalue weighted by Gasteiger charge is -2.39. The Kier molecular flexibility index (Phi) is 4.36. The fraction of sp³-hybridized carbons (Fsp3) is 0.917. The van der Waals surface area contributed by atoms with Gasteiger partial charge in [0.25, 0.3) is 0 Å². The van der Waals surface area contributed by atoms with Crippen molar-refractivity contribution in [2.45, 2.75) is 44.4 Å². The minimum absolute atomic E-state index is 0.0532. The van der Waals surface area contributed by atoms with E-state index >= 15 is 0 Å². The molecule has 0 bridgehead atoms. The third-order valence-electron chi connectivity index (χ3n) is 3.69. The number of carbonyl (C=O) groups excluding carboxylic acids is 1. The van der Waals surface area contributed by atoms with Gasteiger partial charge in [-0.1, -0.05) is 0 Å². The van der Waals surface area contributed by atoms with Gasteiger partial charge < -0.3 is 15.8 Å². The third kappa shape index (κ3) is 3.40. The molecule has 2 heterocycles. The van der Waals surface area contributed by atoms with E-state index in [0.29, 0.717) is 12.5 Å². The lowest BCUT2D eigenvalue weighted by molar-refractivity contribution is -0.122. The lowest BCUT2D eigenvalue weighted by atomic mass is 10.0. The molecular formula is C12H23N3O2. The van der Waals surface area contributed by atoms with Crippen molar-refractivity contribution in [1.82, 2.24) is 10.2 Å². The molecule has 3 unspecified atom stereocenters. The zero-order valence-corrected chi connectivity index (χ0v) is 10.5. The number of nitrogens with two attached hydrogens (primary N) is 1. The molecule has 5 heteroatoms. The molecule has 3 atom stereocenters. The van der Waals surface area contributed by atoms with E-state index in [0.717, 1.165) is 39.1 Å². The molecule has 17 heavy (non-hydrogen) atoms. The van der Waals surface area contributed by atoms with E-state index in [4.69, 9.17) is 10.5 Å². The number of morpholine rings is 1. The van der Waals surface area contributed by atoms with Crippen LogP contribution in [0.1, 0.15) is 26.2 Å². The summed E-state index contributed by atoms with van der Waals surface area (Å²) in [6, 6.07) is 0.417. The minimum Gasteiger partial charge on any atom is -0.374 e. The topological polar surface area (TPSA) is 67.6 Å². The Morgan fingerprint density at radius 3 is 3.18 bits per heavy atom. The maximum Gasteiger partial charge on any atom is 0.221 e. The predicted octanol–water partition coefficient (Wildman–Crippen LogP) is -0.297. The number of amides is 1. The van der Waals surface area contributed by atoms with Crippen molar-refractivity contribution >= 4 is 5.91 Å². The van der Waals surface area contributed by atoms with Crippen LogP contribution in [0.5, 0.6) is 0 Å². The molecule has 0 aromatic carbocycles. The van der Waals surface area contributed by atoms with Crippen LogP contribution in [0.25, 0.3) is 0 Å². The minimum atomic E-state index is 0.0532. The van der Waals surface area contributed by atoms with E-state index in [1.807, 2.05) is 6.92 Å². The first-order chi connectivity index (χ1) is 8.16. The number of hydrogen-bond donors (Lipinski definition) is 2. The highest BCUT2D eigenvalue weighted by Gasteiger charge is 2.30. The summed E-state index contributed by atoms with van der Waals surface area (Å²) in [4.78, 5) is 13.9. The Morgan fingerprint density at radius 1 is 1.59 bits per heavy atom. The van der Waals surface area contributed by atoms with E-state index in [9.17, 15) is 4.79 Å². The van der Waals surface area contributed by atoms with Gasteiger partial charge in [-0.15, -0.1) is 0 Å². The van der Waals surface area contributed by atoms with Gasteiger partial charge >= 0.3 is 0 Å². The normalized spacial score (nSPS) is 33.9. The first-order valence-corrected chi connectivity index (χ1v) is 6.55. The van der Waals surface area contributed by atoms with Gasteiger partial charge in [0.15, 0.2) is 0 Å². The van der Waals surface area contributed by atoms with E-state index in [1.54, 1.807) is 0 Å².